The fourth-order valence-corrected chi connectivity index (χ4v) is 2.86. The Morgan fingerprint density at radius 2 is 2.06 bits per heavy atom. The summed E-state index contributed by atoms with van der Waals surface area (Å²) < 4.78 is 0. The van der Waals surface area contributed by atoms with Crippen LogP contribution < -0.4 is 10.6 Å². The highest BCUT2D eigenvalue weighted by molar-refractivity contribution is 4.74. The van der Waals surface area contributed by atoms with Crippen LogP contribution in [0.5, 0.6) is 0 Å². The van der Waals surface area contributed by atoms with Crippen molar-refractivity contribution in [1.29, 1.82) is 0 Å². The van der Waals surface area contributed by atoms with Crippen LogP contribution in [-0.2, 0) is 0 Å². The number of hydrogen-bond donors (Lipinski definition) is 2. The SMILES string of the molecule is CN1CCC(CNCCCN2CCNCC2)C1. The first kappa shape index (κ1) is 13.3. The van der Waals surface area contributed by atoms with E-state index < -0.39 is 0 Å². The molecule has 4 heteroatoms. The van der Waals surface area contributed by atoms with Crippen molar-refractivity contribution in [1.82, 2.24) is 20.4 Å². The van der Waals surface area contributed by atoms with Gasteiger partial charge in [-0.3, -0.25) is 0 Å². The van der Waals surface area contributed by atoms with Gasteiger partial charge in [-0.1, -0.05) is 0 Å². The van der Waals surface area contributed by atoms with Gasteiger partial charge in [0.15, 0.2) is 0 Å². The monoisotopic (exact) mass is 240 g/mol. The Labute approximate surface area is 106 Å². The molecule has 0 aromatic rings. The maximum atomic E-state index is 3.62. The highest BCUT2D eigenvalue weighted by Crippen LogP contribution is 2.12. The lowest BCUT2D eigenvalue weighted by molar-refractivity contribution is 0.237. The van der Waals surface area contributed by atoms with Crippen LogP contribution in [0.4, 0.5) is 0 Å². The van der Waals surface area contributed by atoms with E-state index in [0.717, 1.165) is 5.92 Å². The quantitative estimate of drug-likeness (QED) is 0.631. The van der Waals surface area contributed by atoms with Crippen molar-refractivity contribution in [3.63, 3.8) is 0 Å². The summed E-state index contributed by atoms with van der Waals surface area (Å²) in [7, 11) is 2.23. The molecule has 0 aromatic carbocycles. The van der Waals surface area contributed by atoms with Gasteiger partial charge in [0, 0.05) is 32.7 Å². The molecule has 17 heavy (non-hydrogen) atoms. The van der Waals surface area contributed by atoms with Crippen LogP contribution in [0, 0.1) is 5.92 Å². The standard InChI is InChI=1S/C13H28N4/c1-16-8-3-13(12-16)11-15-4-2-7-17-9-5-14-6-10-17/h13-15H,2-12H2,1H3. The summed E-state index contributed by atoms with van der Waals surface area (Å²) in [5.74, 6) is 0.888. The van der Waals surface area contributed by atoms with Gasteiger partial charge in [-0.25, -0.2) is 0 Å². The van der Waals surface area contributed by atoms with Crippen molar-refractivity contribution in [2.45, 2.75) is 12.8 Å². The lowest BCUT2D eigenvalue weighted by Gasteiger charge is -2.27. The third-order valence-corrected chi connectivity index (χ3v) is 3.96. The van der Waals surface area contributed by atoms with Gasteiger partial charge >= 0.3 is 0 Å². The van der Waals surface area contributed by atoms with Crippen molar-refractivity contribution in [2.24, 2.45) is 5.92 Å². The Kier molecular flexibility index (Phi) is 5.71. The molecule has 4 nitrogen and oxygen atoms in total. The third-order valence-electron chi connectivity index (χ3n) is 3.96. The van der Waals surface area contributed by atoms with Crippen LogP contribution in [0.25, 0.3) is 0 Å². The van der Waals surface area contributed by atoms with Gasteiger partial charge in [0.25, 0.3) is 0 Å². The van der Waals surface area contributed by atoms with Crippen molar-refractivity contribution in [2.75, 3.05) is 66.0 Å². The highest BCUT2D eigenvalue weighted by atomic mass is 15.2. The molecule has 0 aliphatic carbocycles. The third kappa shape index (κ3) is 4.92. The summed E-state index contributed by atoms with van der Waals surface area (Å²) in [6, 6.07) is 0. The van der Waals surface area contributed by atoms with E-state index in [4.69, 9.17) is 0 Å². The number of nitrogens with zero attached hydrogens (tertiary/aromatic N) is 2. The second-order valence-electron chi connectivity index (χ2n) is 5.57. The number of nitrogens with one attached hydrogen (secondary N) is 2. The molecule has 0 aromatic heterocycles. The molecule has 1 atom stereocenters. The molecule has 0 saturated carbocycles. The van der Waals surface area contributed by atoms with Crippen LogP contribution >= 0.6 is 0 Å². The maximum Gasteiger partial charge on any atom is 0.0107 e. The molecule has 2 N–H and O–H groups in total. The van der Waals surface area contributed by atoms with Gasteiger partial charge in [0.05, 0.1) is 0 Å². The van der Waals surface area contributed by atoms with Crippen LogP contribution in [0.1, 0.15) is 12.8 Å². The number of piperazine rings is 1. The summed E-state index contributed by atoms with van der Waals surface area (Å²) in [6.45, 7) is 11.0. The van der Waals surface area contributed by atoms with Crippen LogP contribution in [0.3, 0.4) is 0 Å². The zero-order valence-corrected chi connectivity index (χ0v) is 11.2. The molecular weight excluding hydrogens is 212 g/mol. The van der Waals surface area contributed by atoms with Gasteiger partial charge in [-0.05, 0) is 52.0 Å². The average Bonchev–Trinajstić information content (AvgIpc) is 2.76. The number of likely N-dealkylation sites (tertiary alicyclic amines) is 1. The van der Waals surface area contributed by atoms with Crippen LogP contribution in [-0.4, -0.2) is 75.8 Å². The lowest BCUT2D eigenvalue weighted by atomic mass is 10.1. The fourth-order valence-electron chi connectivity index (χ4n) is 2.86. The topological polar surface area (TPSA) is 30.5 Å². The van der Waals surface area contributed by atoms with E-state index in [9.17, 15) is 0 Å². The molecule has 100 valence electrons. The summed E-state index contributed by atoms with van der Waals surface area (Å²) >= 11 is 0. The van der Waals surface area contributed by atoms with E-state index in [2.05, 4.69) is 27.5 Å². The zero-order valence-electron chi connectivity index (χ0n) is 11.2. The normalized spacial score (nSPS) is 27.7. The van der Waals surface area contributed by atoms with E-state index in [0.29, 0.717) is 0 Å². The predicted octanol–water partition coefficient (Wildman–Crippen LogP) is -0.177. The van der Waals surface area contributed by atoms with Gasteiger partial charge in [-0.15, -0.1) is 0 Å². The molecule has 2 rings (SSSR count). The Balaban J connectivity index is 1.43. The Morgan fingerprint density at radius 1 is 1.24 bits per heavy atom. The van der Waals surface area contributed by atoms with Crippen molar-refractivity contribution >= 4 is 0 Å². The lowest BCUT2D eigenvalue weighted by Crippen LogP contribution is -2.44. The summed E-state index contributed by atoms with van der Waals surface area (Å²) in [5, 5.41) is 7.01. The second kappa shape index (κ2) is 7.31. The molecule has 1 unspecified atom stereocenters. The molecular formula is C13H28N4. The van der Waals surface area contributed by atoms with Crippen LogP contribution in [0.2, 0.25) is 0 Å². The smallest absolute Gasteiger partial charge is 0.0107 e. The van der Waals surface area contributed by atoms with E-state index in [-0.39, 0.29) is 0 Å². The molecule has 0 bridgehead atoms. The molecule has 2 saturated heterocycles. The second-order valence-corrected chi connectivity index (χ2v) is 5.57. The molecule has 2 aliphatic rings. The van der Waals surface area contributed by atoms with Gasteiger partial charge in [-0.2, -0.15) is 0 Å². The fraction of sp³-hybridized carbons (Fsp3) is 1.00. The molecule has 2 aliphatic heterocycles. The summed E-state index contributed by atoms with van der Waals surface area (Å²) in [4.78, 5) is 5.01. The first-order valence-electron chi connectivity index (χ1n) is 7.17. The predicted molar refractivity (Wildman–Crippen MR) is 72.4 cm³/mol. The van der Waals surface area contributed by atoms with E-state index in [1.165, 1.54) is 71.7 Å². The molecule has 2 heterocycles. The van der Waals surface area contributed by atoms with E-state index in [1.54, 1.807) is 0 Å². The Hall–Kier alpha value is -0.160. The molecule has 0 radical (unpaired) electrons. The van der Waals surface area contributed by atoms with Gasteiger partial charge < -0.3 is 20.4 Å². The zero-order chi connectivity index (χ0) is 11.9. The molecule has 2 fully saturated rings. The van der Waals surface area contributed by atoms with E-state index >= 15 is 0 Å². The minimum atomic E-state index is 0.888. The maximum absolute atomic E-state index is 3.62. The highest BCUT2D eigenvalue weighted by Gasteiger charge is 2.18. The number of rotatable bonds is 6. The summed E-state index contributed by atoms with van der Waals surface area (Å²) in [6.07, 6.45) is 2.67. The Bertz CT molecular complexity index is 197. The first-order chi connectivity index (χ1) is 8.34. The first-order valence-corrected chi connectivity index (χ1v) is 7.17. The number of hydrogen-bond acceptors (Lipinski definition) is 4. The molecule has 0 spiro atoms. The summed E-state index contributed by atoms with van der Waals surface area (Å²) in [5.41, 5.74) is 0. The van der Waals surface area contributed by atoms with E-state index in [1.807, 2.05) is 0 Å². The average molecular weight is 240 g/mol. The van der Waals surface area contributed by atoms with Gasteiger partial charge in [0.1, 0.15) is 0 Å². The largest absolute Gasteiger partial charge is 0.316 e. The van der Waals surface area contributed by atoms with Crippen LogP contribution in [0.15, 0.2) is 0 Å². The Morgan fingerprint density at radius 3 is 2.76 bits per heavy atom. The minimum absolute atomic E-state index is 0.888. The van der Waals surface area contributed by atoms with Crippen molar-refractivity contribution in [3.8, 4) is 0 Å². The van der Waals surface area contributed by atoms with Gasteiger partial charge in [0.2, 0.25) is 0 Å². The molecule has 0 amide bonds. The van der Waals surface area contributed by atoms with Crippen molar-refractivity contribution in [3.05, 3.63) is 0 Å². The van der Waals surface area contributed by atoms with Crippen molar-refractivity contribution < 1.29 is 0 Å². The minimum Gasteiger partial charge on any atom is -0.316 e.